The molecule has 2 aromatic carbocycles. The van der Waals surface area contributed by atoms with Crippen molar-refractivity contribution < 1.29 is 18.7 Å². The zero-order valence-electron chi connectivity index (χ0n) is 16.5. The molecule has 1 atom stereocenters. The summed E-state index contributed by atoms with van der Waals surface area (Å²) >= 11 is 1.39. The van der Waals surface area contributed by atoms with Crippen LogP contribution in [0.15, 0.2) is 69.2 Å². The molecule has 0 amide bonds. The fraction of sp³-hybridized carbons (Fsp3) is 0.174. The van der Waals surface area contributed by atoms with Crippen LogP contribution < -0.4 is 10.4 Å². The van der Waals surface area contributed by atoms with Crippen LogP contribution in [-0.2, 0) is 9.53 Å². The van der Waals surface area contributed by atoms with Gasteiger partial charge in [-0.1, -0.05) is 30.3 Å². The zero-order chi connectivity index (χ0) is 21.1. The van der Waals surface area contributed by atoms with E-state index >= 15 is 0 Å². The lowest BCUT2D eigenvalue weighted by atomic mass is 10.1. The highest BCUT2D eigenvalue weighted by molar-refractivity contribution is 7.13. The second-order valence-corrected chi connectivity index (χ2v) is 7.42. The molecule has 0 saturated carbocycles. The molecule has 152 valence electrons. The minimum absolute atomic E-state index is 0.282. The third kappa shape index (κ3) is 4.11. The fourth-order valence-electron chi connectivity index (χ4n) is 2.96. The molecule has 0 N–H and O–H groups in total. The highest BCUT2D eigenvalue weighted by atomic mass is 32.1. The maximum absolute atomic E-state index is 12.6. The summed E-state index contributed by atoms with van der Waals surface area (Å²) in [5.74, 6) is -0.0352. The van der Waals surface area contributed by atoms with Gasteiger partial charge in [-0.2, -0.15) is 0 Å². The van der Waals surface area contributed by atoms with Gasteiger partial charge < -0.3 is 13.9 Å². The number of ether oxygens (including phenoxy) is 2. The molecular weight excluding hydrogens is 402 g/mol. The third-order valence-corrected chi connectivity index (χ3v) is 5.32. The van der Waals surface area contributed by atoms with Crippen molar-refractivity contribution in [2.75, 3.05) is 6.61 Å². The lowest BCUT2D eigenvalue weighted by molar-refractivity contribution is -0.150. The van der Waals surface area contributed by atoms with Gasteiger partial charge in [-0.3, -0.25) is 0 Å². The van der Waals surface area contributed by atoms with Crippen molar-refractivity contribution in [2.45, 2.75) is 20.0 Å². The second-order valence-electron chi connectivity index (χ2n) is 6.56. The van der Waals surface area contributed by atoms with E-state index in [1.807, 2.05) is 35.7 Å². The van der Waals surface area contributed by atoms with Crippen LogP contribution in [0, 0.1) is 0 Å². The Balaban J connectivity index is 1.63. The molecule has 0 saturated heterocycles. The molecule has 0 radical (unpaired) electrons. The first-order valence-electron chi connectivity index (χ1n) is 9.47. The number of carbonyl (C=O) groups excluding carboxylic acids is 1. The Morgan fingerprint density at radius 2 is 1.97 bits per heavy atom. The molecule has 0 aliphatic heterocycles. The summed E-state index contributed by atoms with van der Waals surface area (Å²) in [4.78, 5) is 28.9. The van der Waals surface area contributed by atoms with Crippen LogP contribution in [0.4, 0.5) is 0 Å². The van der Waals surface area contributed by atoms with Crippen LogP contribution in [0.3, 0.4) is 0 Å². The molecule has 6 nitrogen and oxygen atoms in total. The van der Waals surface area contributed by atoms with Crippen LogP contribution in [0.25, 0.3) is 32.8 Å². The molecular formula is C23H19NO5S. The molecule has 0 spiro atoms. The number of carbonyl (C=O) groups is 1. The van der Waals surface area contributed by atoms with E-state index in [0.29, 0.717) is 21.9 Å². The summed E-state index contributed by atoms with van der Waals surface area (Å²) in [7, 11) is 0. The van der Waals surface area contributed by atoms with Crippen molar-refractivity contribution in [2.24, 2.45) is 0 Å². The number of esters is 1. The first kappa shape index (κ1) is 19.8. The van der Waals surface area contributed by atoms with Crippen LogP contribution in [-0.4, -0.2) is 23.7 Å². The van der Waals surface area contributed by atoms with Gasteiger partial charge in [0.25, 0.3) is 0 Å². The molecule has 0 aliphatic rings. The molecule has 4 rings (SSSR count). The monoisotopic (exact) mass is 421 g/mol. The summed E-state index contributed by atoms with van der Waals surface area (Å²) in [6, 6.07) is 16.6. The number of aromatic nitrogens is 1. The average molecular weight is 421 g/mol. The number of thiazole rings is 1. The molecule has 2 heterocycles. The summed E-state index contributed by atoms with van der Waals surface area (Å²) in [5, 5.41) is 3.25. The van der Waals surface area contributed by atoms with Crippen molar-refractivity contribution in [3.8, 4) is 27.6 Å². The molecule has 0 fully saturated rings. The van der Waals surface area contributed by atoms with E-state index in [9.17, 15) is 9.59 Å². The van der Waals surface area contributed by atoms with Crippen molar-refractivity contribution in [1.82, 2.24) is 4.98 Å². The molecule has 1 unspecified atom stereocenters. The minimum Gasteiger partial charge on any atom is -0.479 e. The van der Waals surface area contributed by atoms with E-state index in [0.717, 1.165) is 16.6 Å². The van der Waals surface area contributed by atoms with Crippen LogP contribution in [0.1, 0.15) is 13.8 Å². The van der Waals surface area contributed by atoms with Crippen LogP contribution in [0.2, 0.25) is 0 Å². The number of hydrogen-bond donors (Lipinski definition) is 0. The second kappa shape index (κ2) is 8.51. The van der Waals surface area contributed by atoms with Crippen molar-refractivity contribution in [1.29, 1.82) is 0 Å². The van der Waals surface area contributed by atoms with Gasteiger partial charge in [-0.15, -0.1) is 11.3 Å². The Bertz CT molecular complexity index is 1250. The van der Waals surface area contributed by atoms with Gasteiger partial charge in [0.2, 0.25) is 0 Å². The molecule has 4 aromatic rings. The van der Waals surface area contributed by atoms with Gasteiger partial charge >= 0.3 is 11.6 Å². The normalized spacial score (nSPS) is 11.9. The summed E-state index contributed by atoms with van der Waals surface area (Å²) in [5.41, 5.74) is 2.10. The van der Waals surface area contributed by atoms with Gasteiger partial charge in [-0.05, 0) is 32.0 Å². The van der Waals surface area contributed by atoms with E-state index in [-0.39, 0.29) is 6.61 Å². The first-order chi connectivity index (χ1) is 14.5. The first-order valence-corrected chi connectivity index (χ1v) is 10.4. The Morgan fingerprint density at radius 1 is 1.17 bits per heavy atom. The molecule has 2 aromatic heterocycles. The topological polar surface area (TPSA) is 78.6 Å². The van der Waals surface area contributed by atoms with Crippen LogP contribution in [0.5, 0.6) is 5.75 Å². The van der Waals surface area contributed by atoms with Crippen molar-refractivity contribution in [3.63, 3.8) is 0 Å². The maximum Gasteiger partial charge on any atom is 0.347 e. The van der Waals surface area contributed by atoms with Gasteiger partial charge in [0.05, 0.1) is 17.9 Å². The third-order valence-electron chi connectivity index (χ3n) is 4.44. The number of rotatable bonds is 6. The molecule has 0 aliphatic carbocycles. The van der Waals surface area contributed by atoms with Gasteiger partial charge in [0.1, 0.15) is 16.3 Å². The summed E-state index contributed by atoms with van der Waals surface area (Å²) in [6.07, 6.45) is -0.764. The number of nitrogens with zero attached hydrogens (tertiary/aromatic N) is 1. The Hall–Kier alpha value is -3.45. The van der Waals surface area contributed by atoms with Gasteiger partial charge in [0.15, 0.2) is 6.10 Å². The average Bonchev–Trinajstić information content (AvgIpc) is 3.24. The van der Waals surface area contributed by atoms with Crippen molar-refractivity contribution >= 4 is 28.3 Å². The number of hydrogen-bond acceptors (Lipinski definition) is 7. The van der Waals surface area contributed by atoms with E-state index in [1.54, 1.807) is 38.1 Å². The number of benzene rings is 2. The smallest absolute Gasteiger partial charge is 0.347 e. The lowest BCUT2D eigenvalue weighted by Crippen LogP contribution is -2.26. The van der Waals surface area contributed by atoms with E-state index in [4.69, 9.17) is 13.9 Å². The van der Waals surface area contributed by atoms with Crippen LogP contribution >= 0.6 is 11.3 Å². The summed E-state index contributed by atoms with van der Waals surface area (Å²) in [6.45, 7) is 3.62. The predicted octanol–water partition coefficient (Wildman–Crippen LogP) is 4.91. The van der Waals surface area contributed by atoms with Crippen molar-refractivity contribution in [3.05, 3.63) is 70.4 Å². The Labute approximate surface area is 176 Å². The quantitative estimate of drug-likeness (QED) is 0.325. The molecule has 7 heteroatoms. The van der Waals surface area contributed by atoms with E-state index in [1.165, 1.54) is 11.3 Å². The summed E-state index contributed by atoms with van der Waals surface area (Å²) < 4.78 is 16.0. The fourth-order valence-corrected chi connectivity index (χ4v) is 3.80. The molecule has 30 heavy (non-hydrogen) atoms. The standard InChI is InChI=1S/C23H19NO5S/c1-3-27-22(25)14(2)28-17-10-9-16-11-18(23(26)29-20(16)12-17)21-24-19(13-30-21)15-7-5-4-6-8-15/h4-14H,3H2,1-2H3. The highest BCUT2D eigenvalue weighted by Crippen LogP contribution is 2.29. The zero-order valence-corrected chi connectivity index (χ0v) is 17.3. The highest BCUT2D eigenvalue weighted by Gasteiger charge is 2.17. The Morgan fingerprint density at radius 3 is 2.73 bits per heavy atom. The van der Waals surface area contributed by atoms with E-state index < -0.39 is 17.7 Å². The largest absolute Gasteiger partial charge is 0.479 e. The lowest BCUT2D eigenvalue weighted by Gasteiger charge is -2.13. The molecule has 0 bridgehead atoms. The number of fused-ring (bicyclic) bond motifs is 1. The maximum atomic E-state index is 12.6. The predicted molar refractivity (Wildman–Crippen MR) is 116 cm³/mol. The minimum atomic E-state index is -0.764. The SMILES string of the molecule is CCOC(=O)C(C)Oc1ccc2cc(-c3nc(-c4ccccc4)cs3)c(=O)oc2c1. The van der Waals surface area contributed by atoms with Gasteiger partial charge in [-0.25, -0.2) is 14.6 Å². The van der Waals surface area contributed by atoms with E-state index in [2.05, 4.69) is 4.98 Å². The van der Waals surface area contributed by atoms with Gasteiger partial charge in [0, 0.05) is 22.4 Å². The Kier molecular flexibility index (Phi) is 5.63.